The number of unbranched alkanes of at least 4 members (excludes halogenated alkanes) is 4. The minimum atomic E-state index is -0.840. The van der Waals surface area contributed by atoms with E-state index in [1.807, 2.05) is 60.7 Å². The standard InChI is InChI=1S/C30H37N3O4/c1-3-4-5-6-10-20-31-30(36)33(2)28-15-11-14-26(32-28)25-18-16-23(17-19-29(34)35)21-27(25)37-22-24-12-8-7-9-13-24/h7-9,11-16,18,21H,3-6,10,17,19-20,22H2,1-2H3,(H,31,36)(H,34,35). The summed E-state index contributed by atoms with van der Waals surface area (Å²) in [4.78, 5) is 30.0. The van der Waals surface area contributed by atoms with E-state index < -0.39 is 5.97 Å². The number of nitrogens with one attached hydrogen (secondary N) is 1. The molecule has 0 spiro atoms. The van der Waals surface area contributed by atoms with E-state index in [4.69, 9.17) is 14.8 Å². The van der Waals surface area contributed by atoms with Crippen molar-refractivity contribution in [3.8, 4) is 17.0 Å². The zero-order valence-electron chi connectivity index (χ0n) is 21.8. The summed E-state index contributed by atoms with van der Waals surface area (Å²) in [5, 5.41) is 12.1. The van der Waals surface area contributed by atoms with Crippen molar-refractivity contribution >= 4 is 17.8 Å². The monoisotopic (exact) mass is 503 g/mol. The number of hydrogen-bond donors (Lipinski definition) is 2. The average molecular weight is 504 g/mol. The highest BCUT2D eigenvalue weighted by Gasteiger charge is 2.15. The van der Waals surface area contributed by atoms with Gasteiger partial charge in [0, 0.05) is 25.6 Å². The van der Waals surface area contributed by atoms with Crippen LogP contribution >= 0.6 is 0 Å². The number of aliphatic carboxylic acids is 1. The summed E-state index contributed by atoms with van der Waals surface area (Å²) in [6.07, 6.45) is 6.14. The molecule has 3 rings (SSSR count). The van der Waals surface area contributed by atoms with Crippen LogP contribution in [0.3, 0.4) is 0 Å². The summed E-state index contributed by atoms with van der Waals surface area (Å²) >= 11 is 0. The number of anilines is 1. The highest BCUT2D eigenvalue weighted by atomic mass is 16.5. The molecule has 2 amide bonds. The number of aryl methyl sites for hydroxylation is 1. The molecule has 1 heterocycles. The molecule has 7 heteroatoms. The summed E-state index contributed by atoms with van der Waals surface area (Å²) in [6.45, 7) is 3.20. The molecule has 0 aliphatic carbocycles. The number of carboxylic acids is 1. The number of hydrogen-bond acceptors (Lipinski definition) is 4. The number of carbonyl (C=O) groups is 2. The van der Waals surface area contributed by atoms with Crippen LogP contribution in [-0.4, -0.2) is 35.7 Å². The lowest BCUT2D eigenvalue weighted by Crippen LogP contribution is -2.38. The minimum absolute atomic E-state index is 0.0454. The number of urea groups is 1. The zero-order valence-corrected chi connectivity index (χ0v) is 21.8. The van der Waals surface area contributed by atoms with Gasteiger partial charge < -0.3 is 15.2 Å². The van der Waals surface area contributed by atoms with Crippen molar-refractivity contribution in [1.82, 2.24) is 10.3 Å². The van der Waals surface area contributed by atoms with Crippen molar-refractivity contribution in [2.45, 2.75) is 58.5 Å². The number of benzene rings is 2. The third-order valence-electron chi connectivity index (χ3n) is 6.13. The SMILES string of the molecule is CCCCCCCNC(=O)N(C)c1cccc(-c2ccc(CCC(=O)O)cc2OCc2ccccc2)n1. The van der Waals surface area contributed by atoms with Gasteiger partial charge in [0.2, 0.25) is 0 Å². The number of pyridine rings is 1. The van der Waals surface area contributed by atoms with Crippen molar-refractivity contribution in [3.05, 3.63) is 77.9 Å². The van der Waals surface area contributed by atoms with Crippen molar-refractivity contribution in [3.63, 3.8) is 0 Å². The molecule has 37 heavy (non-hydrogen) atoms. The van der Waals surface area contributed by atoms with E-state index in [0.717, 1.165) is 29.5 Å². The van der Waals surface area contributed by atoms with Crippen molar-refractivity contribution in [2.75, 3.05) is 18.5 Å². The summed E-state index contributed by atoms with van der Waals surface area (Å²) in [5.41, 5.74) is 3.35. The molecule has 0 fully saturated rings. The van der Waals surface area contributed by atoms with E-state index >= 15 is 0 Å². The first-order valence-corrected chi connectivity index (χ1v) is 13.0. The first kappa shape index (κ1) is 27.7. The molecule has 0 aliphatic rings. The van der Waals surface area contributed by atoms with E-state index in [0.29, 0.717) is 36.8 Å². The summed E-state index contributed by atoms with van der Waals surface area (Å²) in [5.74, 6) is 0.313. The Morgan fingerprint density at radius 2 is 1.73 bits per heavy atom. The van der Waals surface area contributed by atoms with E-state index in [2.05, 4.69) is 12.2 Å². The van der Waals surface area contributed by atoms with E-state index in [1.165, 1.54) is 24.2 Å². The first-order valence-electron chi connectivity index (χ1n) is 13.0. The second kappa shape index (κ2) is 14.6. The Balaban J connectivity index is 1.76. The number of aromatic nitrogens is 1. The number of rotatable bonds is 14. The molecule has 196 valence electrons. The minimum Gasteiger partial charge on any atom is -0.488 e. The van der Waals surface area contributed by atoms with Crippen LogP contribution in [0, 0.1) is 0 Å². The van der Waals surface area contributed by atoms with Gasteiger partial charge in [-0.3, -0.25) is 9.69 Å². The van der Waals surface area contributed by atoms with Gasteiger partial charge in [-0.05, 0) is 48.2 Å². The summed E-state index contributed by atoms with van der Waals surface area (Å²) in [7, 11) is 1.71. The molecular weight excluding hydrogens is 466 g/mol. The normalized spacial score (nSPS) is 10.6. The number of amides is 2. The Kier molecular flexibility index (Phi) is 11.0. The lowest BCUT2D eigenvalue weighted by molar-refractivity contribution is -0.136. The average Bonchev–Trinajstić information content (AvgIpc) is 2.92. The maximum atomic E-state index is 12.7. The first-order chi connectivity index (χ1) is 18.0. The smallest absolute Gasteiger partial charge is 0.322 e. The fraction of sp³-hybridized carbons (Fsp3) is 0.367. The van der Waals surface area contributed by atoms with Crippen LogP contribution in [0.1, 0.15) is 56.6 Å². The maximum Gasteiger partial charge on any atom is 0.322 e. The fourth-order valence-corrected chi connectivity index (χ4v) is 3.95. The van der Waals surface area contributed by atoms with Gasteiger partial charge >= 0.3 is 12.0 Å². The van der Waals surface area contributed by atoms with Crippen molar-refractivity contribution in [2.24, 2.45) is 0 Å². The van der Waals surface area contributed by atoms with Gasteiger partial charge in [0.1, 0.15) is 18.2 Å². The quantitative estimate of drug-likeness (QED) is 0.246. The second-order valence-electron chi connectivity index (χ2n) is 9.08. The van der Waals surface area contributed by atoms with E-state index in [-0.39, 0.29) is 12.5 Å². The molecule has 0 atom stereocenters. The van der Waals surface area contributed by atoms with Crippen molar-refractivity contribution < 1.29 is 19.4 Å². The molecule has 0 saturated carbocycles. The molecule has 0 radical (unpaired) electrons. The van der Waals surface area contributed by atoms with Gasteiger partial charge in [-0.1, -0.05) is 75.1 Å². The summed E-state index contributed by atoms with van der Waals surface area (Å²) < 4.78 is 6.19. The number of ether oxygens (including phenoxy) is 1. The summed E-state index contributed by atoms with van der Waals surface area (Å²) in [6, 6.07) is 20.9. The molecule has 2 N–H and O–H groups in total. The maximum absolute atomic E-state index is 12.7. The Bertz CT molecular complexity index is 1150. The van der Waals surface area contributed by atoms with Crippen LogP contribution in [-0.2, 0) is 17.8 Å². The lowest BCUT2D eigenvalue weighted by Gasteiger charge is -2.19. The molecule has 1 aromatic heterocycles. The highest BCUT2D eigenvalue weighted by Crippen LogP contribution is 2.32. The van der Waals surface area contributed by atoms with E-state index in [9.17, 15) is 9.59 Å². The molecule has 7 nitrogen and oxygen atoms in total. The van der Waals surface area contributed by atoms with Crippen LogP contribution in [0.5, 0.6) is 5.75 Å². The molecule has 0 bridgehead atoms. The third-order valence-corrected chi connectivity index (χ3v) is 6.13. The predicted octanol–water partition coefficient (Wildman–Crippen LogP) is 6.46. The predicted molar refractivity (Wildman–Crippen MR) is 147 cm³/mol. The molecular formula is C30H37N3O4. The molecule has 0 aliphatic heterocycles. The van der Waals surface area contributed by atoms with Crippen LogP contribution in [0.25, 0.3) is 11.3 Å². The number of carbonyl (C=O) groups excluding carboxylic acids is 1. The Labute approximate surface area is 219 Å². The van der Waals surface area contributed by atoms with Crippen LogP contribution in [0.2, 0.25) is 0 Å². The molecule has 0 unspecified atom stereocenters. The Hall–Kier alpha value is -3.87. The van der Waals surface area contributed by atoms with Crippen LogP contribution < -0.4 is 15.0 Å². The Morgan fingerprint density at radius 3 is 2.49 bits per heavy atom. The molecule has 2 aromatic carbocycles. The fourth-order valence-electron chi connectivity index (χ4n) is 3.95. The number of nitrogens with zero attached hydrogens (tertiary/aromatic N) is 2. The van der Waals surface area contributed by atoms with E-state index in [1.54, 1.807) is 13.1 Å². The van der Waals surface area contributed by atoms with Gasteiger partial charge in [0.15, 0.2) is 0 Å². The molecule has 3 aromatic rings. The third kappa shape index (κ3) is 8.94. The molecule has 0 saturated heterocycles. The largest absolute Gasteiger partial charge is 0.488 e. The van der Waals surface area contributed by atoms with Crippen LogP contribution in [0.15, 0.2) is 66.7 Å². The van der Waals surface area contributed by atoms with Crippen LogP contribution in [0.4, 0.5) is 10.6 Å². The lowest BCUT2D eigenvalue weighted by atomic mass is 10.0. The van der Waals surface area contributed by atoms with Gasteiger partial charge in [-0.25, -0.2) is 9.78 Å². The zero-order chi connectivity index (χ0) is 26.5. The Morgan fingerprint density at radius 1 is 0.946 bits per heavy atom. The van der Waals surface area contributed by atoms with Crippen molar-refractivity contribution in [1.29, 1.82) is 0 Å². The topological polar surface area (TPSA) is 91.8 Å². The van der Waals surface area contributed by atoms with Gasteiger partial charge in [-0.15, -0.1) is 0 Å². The second-order valence-corrected chi connectivity index (χ2v) is 9.08. The van der Waals surface area contributed by atoms with Gasteiger partial charge in [-0.2, -0.15) is 0 Å². The highest BCUT2D eigenvalue weighted by molar-refractivity contribution is 5.90. The van der Waals surface area contributed by atoms with Gasteiger partial charge in [0.05, 0.1) is 5.69 Å². The van der Waals surface area contributed by atoms with Gasteiger partial charge in [0.25, 0.3) is 0 Å². The number of carboxylic acid groups (broad SMARTS) is 1.